The molecule has 8 nitrogen and oxygen atoms in total. The van der Waals surface area contributed by atoms with Gasteiger partial charge in [0.1, 0.15) is 17.6 Å². The molecule has 8 heteroatoms. The van der Waals surface area contributed by atoms with Crippen molar-refractivity contribution in [3.8, 4) is 0 Å². The summed E-state index contributed by atoms with van der Waals surface area (Å²) in [5.41, 5.74) is -1.72. The first-order chi connectivity index (χ1) is 11.1. The first kappa shape index (κ1) is 21.9. The van der Waals surface area contributed by atoms with Gasteiger partial charge in [0.05, 0.1) is 0 Å². The normalized spacial score (nSPS) is 15.7. The van der Waals surface area contributed by atoms with Crippen LogP contribution in [0.25, 0.3) is 0 Å². The summed E-state index contributed by atoms with van der Waals surface area (Å²) in [4.78, 5) is 45.8. The predicted octanol–water partition coefficient (Wildman–Crippen LogP) is 2.00. The number of carbonyl (C=O) groups is 4. The minimum Gasteiger partial charge on any atom is -0.481 e. The molecule has 0 radical (unpaired) electrons. The minimum absolute atomic E-state index is 0.0453. The van der Waals surface area contributed by atoms with Crippen molar-refractivity contribution in [1.29, 1.82) is 0 Å². The number of rotatable bonds is 11. The van der Waals surface area contributed by atoms with E-state index < -0.39 is 41.5 Å². The Morgan fingerprint density at radius 1 is 0.917 bits per heavy atom. The number of esters is 2. The molecule has 0 heterocycles. The topological polar surface area (TPSA) is 127 Å². The second-order valence-corrected chi connectivity index (χ2v) is 5.56. The Bertz CT molecular complexity index is 447. The average molecular weight is 346 g/mol. The van der Waals surface area contributed by atoms with Crippen molar-refractivity contribution in [3.63, 3.8) is 0 Å². The van der Waals surface area contributed by atoms with Gasteiger partial charge in [-0.2, -0.15) is 0 Å². The summed E-state index contributed by atoms with van der Waals surface area (Å²) in [7, 11) is 0. The average Bonchev–Trinajstić information content (AvgIpc) is 2.50. The van der Waals surface area contributed by atoms with E-state index in [1.54, 1.807) is 13.8 Å². The van der Waals surface area contributed by atoms with Gasteiger partial charge in [0.2, 0.25) is 0 Å². The van der Waals surface area contributed by atoms with E-state index in [0.29, 0.717) is 0 Å². The van der Waals surface area contributed by atoms with Crippen LogP contribution in [-0.2, 0) is 28.7 Å². The van der Waals surface area contributed by atoms with Gasteiger partial charge < -0.3 is 19.7 Å². The summed E-state index contributed by atoms with van der Waals surface area (Å²) in [6.45, 7) is 5.97. The van der Waals surface area contributed by atoms with Crippen LogP contribution in [0.5, 0.6) is 0 Å². The van der Waals surface area contributed by atoms with Crippen molar-refractivity contribution in [2.24, 2.45) is 5.41 Å². The molecule has 0 aromatic heterocycles. The Kier molecular flexibility index (Phi) is 9.02. The van der Waals surface area contributed by atoms with Crippen LogP contribution in [-0.4, -0.2) is 46.3 Å². The zero-order valence-corrected chi connectivity index (χ0v) is 14.5. The number of carboxylic acid groups (broad SMARTS) is 2. The molecule has 0 aromatic carbocycles. The summed E-state index contributed by atoms with van der Waals surface area (Å²) in [6.07, 6.45) is -2.34. The Morgan fingerprint density at radius 3 is 1.62 bits per heavy atom. The molecular weight excluding hydrogens is 320 g/mol. The minimum atomic E-state index is -1.72. The van der Waals surface area contributed by atoms with Gasteiger partial charge in [-0.05, 0) is 26.7 Å². The number of carboxylic acids is 2. The number of hydrogen-bond donors (Lipinski definition) is 2. The molecule has 0 aromatic rings. The summed E-state index contributed by atoms with van der Waals surface area (Å²) in [5, 5.41) is 18.5. The zero-order valence-electron chi connectivity index (χ0n) is 14.5. The van der Waals surface area contributed by atoms with Gasteiger partial charge in [0.15, 0.2) is 0 Å². The molecule has 0 amide bonds. The van der Waals surface area contributed by atoms with Crippen LogP contribution in [0, 0.1) is 5.41 Å². The maximum absolute atomic E-state index is 12.0. The fourth-order valence-corrected chi connectivity index (χ4v) is 2.50. The standard InChI is InChI=1S/C16H26O8/c1-5-13(19)23-10(3)16(15(21)22,9-7-8-12(17)18)11(4)24-14(20)6-2/h10-11H,5-9H2,1-4H3,(H,17,18)(H,21,22). The third-order valence-corrected chi connectivity index (χ3v) is 4.02. The molecule has 138 valence electrons. The van der Waals surface area contributed by atoms with Gasteiger partial charge in [-0.1, -0.05) is 13.8 Å². The monoisotopic (exact) mass is 346 g/mol. The third kappa shape index (κ3) is 5.82. The highest BCUT2D eigenvalue weighted by Crippen LogP contribution is 2.37. The Hall–Kier alpha value is -2.12. The number of aliphatic carboxylic acids is 2. The van der Waals surface area contributed by atoms with E-state index in [1.165, 1.54) is 13.8 Å². The second kappa shape index (κ2) is 9.89. The molecule has 0 spiro atoms. The first-order valence-corrected chi connectivity index (χ1v) is 7.95. The van der Waals surface area contributed by atoms with Gasteiger partial charge in [0.25, 0.3) is 0 Å². The van der Waals surface area contributed by atoms with Gasteiger partial charge in [-0.25, -0.2) is 0 Å². The SMILES string of the molecule is CCC(=O)OC(C)C(CCCC(=O)O)(C(=O)O)C(C)OC(=O)CC. The number of hydrogen-bond acceptors (Lipinski definition) is 6. The van der Waals surface area contributed by atoms with Crippen LogP contribution in [0.1, 0.15) is 59.8 Å². The fraction of sp³-hybridized carbons (Fsp3) is 0.750. The van der Waals surface area contributed by atoms with Crippen LogP contribution in [0.2, 0.25) is 0 Å². The Morgan fingerprint density at radius 2 is 1.33 bits per heavy atom. The maximum Gasteiger partial charge on any atom is 0.317 e. The first-order valence-electron chi connectivity index (χ1n) is 7.95. The fourth-order valence-electron chi connectivity index (χ4n) is 2.50. The molecule has 2 N–H and O–H groups in total. The lowest BCUT2D eigenvalue weighted by Crippen LogP contribution is -2.52. The molecule has 0 aliphatic rings. The lowest BCUT2D eigenvalue weighted by Gasteiger charge is -2.38. The van der Waals surface area contributed by atoms with Crippen LogP contribution in [0.15, 0.2) is 0 Å². The molecule has 0 rings (SSSR count). The summed E-state index contributed by atoms with van der Waals surface area (Å²) in [6, 6.07) is 0. The quantitative estimate of drug-likeness (QED) is 0.544. The van der Waals surface area contributed by atoms with E-state index in [9.17, 15) is 24.3 Å². The maximum atomic E-state index is 12.0. The third-order valence-electron chi connectivity index (χ3n) is 4.02. The number of carbonyl (C=O) groups excluding carboxylic acids is 2. The molecule has 0 saturated heterocycles. The highest BCUT2D eigenvalue weighted by atomic mass is 16.6. The van der Waals surface area contributed by atoms with E-state index in [2.05, 4.69) is 0 Å². The highest BCUT2D eigenvalue weighted by molar-refractivity contribution is 5.78. The van der Waals surface area contributed by atoms with Crippen LogP contribution < -0.4 is 0 Å². The van der Waals surface area contributed by atoms with Gasteiger partial charge in [0, 0.05) is 19.3 Å². The summed E-state index contributed by atoms with van der Waals surface area (Å²) in [5.74, 6) is -3.54. The van der Waals surface area contributed by atoms with Crippen LogP contribution in [0.3, 0.4) is 0 Å². The summed E-state index contributed by atoms with van der Waals surface area (Å²) < 4.78 is 10.3. The summed E-state index contributed by atoms with van der Waals surface area (Å²) >= 11 is 0. The molecule has 24 heavy (non-hydrogen) atoms. The number of ether oxygens (including phenoxy) is 2. The van der Waals surface area contributed by atoms with E-state index in [1.807, 2.05) is 0 Å². The van der Waals surface area contributed by atoms with Crippen molar-refractivity contribution in [2.75, 3.05) is 0 Å². The lowest BCUT2D eigenvalue weighted by atomic mass is 9.73. The van der Waals surface area contributed by atoms with E-state index in [4.69, 9.17) is 14.6 Å². The molecule has 0 aliphatic heterocycles. The van der Waals surface area contributed by atoms with Crippen LogP contribution in [0.4, 0.5) is 0 Å². The Labute approximate surface area is 141 Å². The van der Waals surface area contributed by atoms with Crippen LogP contribution >= 0.6 is 0 Å². The lowest BCUT2D eigenvalue weighted by molar-refractivity contribution is -0.187. The van der Waals surface area contributed by atoms with Crippen molar-refractivity contribution in [2.45, 2.75) is 72.0 Å². The second-order valence-electron chi connectivity index (χ2n) is 5.56. The smallest absolute Gasteiger partial charge is 0.317 e. The molecule has 2 atom stereocenters. The van der Waals surface area contributed by atoms with Crippen molar-refractivity contribution < 1.29 is 38.9 Å². The largest absolute Gasteiger partial charge is 0.481 e. The van der Waals surface area contributed by atoms with E-state index in [-0.39, 0.29) is 32.1 Å². The van der Waals surface area contributed by atoms with E-state index >= 15 is 0 Å². The zero-order chi connectivity index (χ0) is 18.9. The molecule has 0 fully saturated rings. The van der Waals surface area contributed by atoms with E-state index in [0.717, 1.165) is 0 Å². The molecule has 0 bridgehead atoms. The Balaban J connectivity index is 5.59. The van der Waals surface area contributed by atoms with Crippen molar-refractivity contribution in [1.82, 2.24) is 0 Å². The predicted molar refractivity (Wildman–Crippen MR) is 83.2 cm³/mol. The molecule has 0 saturated carbocycles. The molecular formula is C16H26O8. The van der Waals surface area contributed by atoms with Gasteiger partial charge >= 0.3 is 23.9 Å². The molecule has 0 aliphatic carbocycles. The van der Waals surface area contributed by atoms with Gasteiger partial charge in [-0.3, -0.25) is 19.2 Å². The van der Waals surface area contributed by atoms with Gasteiger partial charge in [-0.15, -0.1) is 0 Å². The van der Waals surface area contributed by atoms with Crippen molar-refractivity contribution in [3.05, 3.63) is 0 Å². The van der Waals surface area contributed by atoms with Crippen molar-refractivity contribution >= 4 is 23.9 Å². The highest BCUT2D eigenvalue weighted by Gasteiger charge is 2.52. The molecule has 2 unspecified atom stereocenters.